The van der Waals surface area contributed by atoms with Gasteiger partial charge in [-0.3, -0.25) is 4.79 Å². The summed E-state index contributed by atoms with van der Waals surface area (Å²) >= 11 is 1.67. The van der Waals surface area contributed by atoms with Gasteiger partial charge in [0, 0.05) is 30.4 Å². The standard InChI is InChI=1S/C16H29N5OS.HI/c1-6-11(3)20-14(22)8-9-18-16(17-7-2)19-10-15-21-12(4)13(5)23-15;/h11H,6-10H2,1-5H3,(H,20,22)(H2,17,18,19);1H. The number of aliphatic imine (C=N–C) groups is 1. The van der Waals surface area contributed by atoms with Crippen molar-refractivity contribution in [1.82, 2.24) is 20.9 Å². The van der Waals surface area contributed by atoms with Crippen LogP contribution in [-0.4, -0.2) is 36.0 Å². The van der Waals surface area contributed by atoms with Crippen LogP contribution in [0.3, 0.4) is 0 Å². The number of hydrogen-bond acceptors (Lipinski definition) is 4. The molecule has 3 N–H and O–H groups in total. The molecule has 6 nitrogen and oxygen atoms in total. The number of guanidine groups is 1. The molecule has 8 heteroatoms. The van der Waals surface area contributed by atoms with Crippen LogP contribution in [0.2, 0.25) is 0 Å². The lowest BCUT2D eigenvalue weighted by Crippen LogP contribution is -2.40. The zero-order chi connectivity index (χ0) is 17.2. The van der Waals surface area contributed by atoms with Crippen LogP contribution in [0.1, 0.15) is 49.2 Å². The van der Waals surface area contributed by atoms with Gasteiger partial charge in [0.1, 0.15) is 5.01 Å². The Morgan fingerprint density at radius 1 is 1.29 bits per heavy atom. The number of carbonyl (C=O) groups excluding carboxylic acids is 1. The quantitative estimate of drug-likeness (QED) is 0.312. The molecule has 1 unspecified atom stereocenters. The smallest absolute Gasteiger partial charge is 0.221 e. The van der Waals surface area contributed by atoms with Crippen molar-refractivity contribution in [3.63, 3.8) is 0 Å². The number of halogens is 1. The molecule has 138 valence electrons. The highest BCUT2D eigenvalue weighted by Gasteiger charge is 2.06. The van der Waals surface area contributed by atoms with E-state index in [9.17, 15) is 4.79 Å². The lowest BCUT2D eigenvalue weighted by molar-refractivity contribution is -0.121. The van der Waals surface area contributed by atoms with Crippen molar-refractivity contribution in [3.8, 4) is 0 Å². The molecule has 1 rings (SSSR count). The third-order valence-corrected chi connectivity index (χ3v) is 4.51. The molecule has 0 bridgehead atoms. The van der Waals surface area contributed by atoms with Gasteiger partial charge in [-0.25, -0.2) is 9.98 Å². The summed E-state index contributed by atoms with van der Waals surface area (Å²) < 4.78 is 0. The second-order valence-electron chi connectivity index (χ2n) is 5.50. The highest BCUT2D eigenvalue weighted by Crippen LogP contribution is 2.16. The number of rotatable bonds is 8. The van der Waals surface area contributed by atoms with Crippen molar-refractivity contribution in [1.29, 1.82) is 0 Å². The normalized spacial score (nSPS) is 12.3. The van der Waals surface area contributed by atoms with Crippen molar-refractivity contribution in [3.05, 3.63) is 15.6 Å². The van der Waals surface area contributed by atoms with E-state index in [2.05, 4.69) is 39.8 Å². The fraction of sp³-hybridized carbons (Fsp3) is 0.688. The monoisotopic (exact) mass is 467 g/mol. The molecule has 0 aliphatic carbocycles. The first-order chi connectivity index (χ1) is 11.0. The van der Waals surface area contributed by atoms with Crippen molar-refractivity contribution in [2.45, 2.75) is 60.0 Å². The maximum atomic E-state index is 11.8. The maximum Gasteiger partial charge on any atom is 0.221 e. The highest BCUT2D eigenvalue weighted by molar-refractivity contribution is 14.0. The predicted octanol–water partition coefficient (Wildman–Crippen LogP) is 2.74. The number of carbonyl (C=O) groups is 1. The predicted molar refractivity (Wildman–Crippen MR) is 112 cm³/mol. The maximum absolute atomic E-state index is 11.8. The summed E-state index contributed by atoms with van der Waals surface area (Å²) in [6.45, 7) is 12.1. The van der Waals surface area contributed by atoms with E-state index in [1.54, 1.807) is 11.3 Å². The van der Waals surface area contributed by atoms with Crippen molar-refractivity contribution < 1.29 is 4.79 Å². The molecule has 1 atom stereocenters. The van der Waals surface area contributed by atoms with E-state index in [-0.39, 0.29) is 35.9 Å². The van der Waals surface area contributed by atoms with Crippen molar-refractivity contribution in [2.24, 2.45) is 4.99 Å². The van der Waals surface area contributed by atoms with Crippen LogP contribution in [0.4, 0.5) is 0 Å². The van der Waals surface area contributed by atoms with Gasteiger partial charge in [-0.2, -0.15) is 0 Å². The van der Waals surface area contributed by atoms with Crippen LogP contribution in [0.15, 0.2) is 4.99 Å². The van der Waals surface area contributed by atoms with Crippen molar-refractivity contribution in [2.75, 3.05) is 13.1 Å². The molecular weight excluding hydrogens is 437 g/mol. The fourth-order valence-corrected chi connectivity index (χ4v) is 2.70. The van der Waals surface area contributed by atoms with Crippen LogP contribution >= 0.6 is 35.3 Å². The second-order valence-corrected chi connectivity index (χ2v) is 6.79. The number of nitrogens with one attached hydrogen (secondary N) is 3. The van der Waals surface area contributed by atoms with Gasteiger partial charge in [-0.15, -0.1) is 35.3 Å². The molecule has 0 radical (unpaired) electrons. The second kappa shape index (κ2) is 12.5. The van der Waals surface area contributed by atoms with E-state index >= 15 is 0 Å². The Hall–Kier alpha value is -0.900. The first-order valence-corrected chi connectivity index (χ1v) is 9.02. The Bertz CT molecular complexity index is 513. The summed E-state index contributed by atoms with van der Waals surface area (Å²) in [5.74, 6) is 0.781. The summed E-state index contributed by atoms with van der Waals surface area (Å²) in [5.41, 5.74) is 1.07. The molecule has 1 aromatic rings. The molecule has 0 aromatic carbocycles. The minimum atomic E-state index is 0. The number of aryl methyl sites for hydroxylation is 2. The van der Waals surface area contributed by atoms with Gasteiger partial charge in [-0.1, -0.05) is 6.92 Å². The summed E-state index contributed by atoms with van der Waals surface area (Å²) in [6.07, 6.45) is 1.38. The third kappa shape index (κ3) is 8.81. The highest BCUT2D eigenvalue weighted by atomic mass is 127. The SMILES string of the molecule is CCNC(=NCc1nc(C)c(C)s1)NCCC(=O)NC(C)CC.I. The molecule has 1 amide bonds. The Kier molecular flexibility index (Phi) is 12.0. The van der Waals surface area contributed by atoms with Crippen molar-refractivity contribution >= 4 is 47.2 Å². The number of hydrogen-bond donors (Lipinski definition) is 3. The van der Waals surface area contributed by atoms with E-state index in [1.165, 1.54) is 4.88 Å². The van der Waals surface area contributed by atoms with E-state index in [1.807, 2.05) is 20.8 Å². The summed E-state index contributed by atoms with van der Waals surface area (Å²) in [6, 6.07) is 0.223. The van der Waals surface area contributed by atoms with Crippen LogP contribution in [-0.2, 0) is 11.3 Å². The van der Waals surface area contributed by atoms with Gasteiger partial charge >= 0.3 is 0 Å². The zero-order valence-corrected chi connectivity index (χ0v) is 18.4. The molecule has 1 aromatic heterocycles. The zero-order valence-electron chi connectivity index (χ0n) is 15.2. The lowest BCUT2D eigenvalue weighted by Gasteiger charge is -2.13. The molecule has 0 saturated heterocycles. The minimum absolute atomic E-state index is 0. The van der Waals surface area contributed by atoms with Gasteiger partial charge in [0.2, 0.25) is 5.91 Å². The van der Waals surface area contributed by atoms with E-state index < -0.39 is 0 Å². The summed E-state index contributed by atoms with van der Waals surface area (Å²) in [7, 11) is 0. The Morgan fingerprint density at radius 2 is 2.00 bits per heavy atom. The molecule has 0 fully saturated rings. The van der Waals surface area contributed by atoms with Crippen LogP contribution < -0.4 is 16.0 Å². The van der Waals surface area contributed by atoms with E-state index in [0.717, 1.165) is 23.7 Å². The first-order valence-electron chi connectivity index (χ1n) is 8.20. The molecule has 0 spiro atoms. The fourth-order valence-electron chi connectivity index (χ4n) is 1.84. The third-order valence-electron chi connectivity index (χ3n) is 3.45. The molecule has 24 heavy (non-hydrogen) atoms. The molecule has 0 saturated carbocycles. The molecule has 1 heterocycles. The first kappa shape index (κ1) is 23.1. The Labute approximate surface area is 166 Å². The average Bonchev–Trinajstić information content (AvgIpc) is 2.83. The van der Waals surface area contributed by atoms with Crippen LogP contribution in [0.5, 0.6) is 0 Å². The topological polar surface area (TPSA) is 78.4 Å². The average molecular weight is 467 g/mol. The number of amides is 1. The number of nitrogens with zero attached hydrogens (tertiary/aromatic N) is 2. The van der Waals surface area contributed by atoms with Gasteiger partial charge < -0.3 is 16.0 Å². The van der Waals surface area contributed by atoms with Crippen LogP contribution in [0.25, 0.3) is 0 Å². The largest absolute Gasteiger partial charge is 0.357 e. The minimum Gasteiger partial charge on any atom is -0.357 e. The van der Waals surface area contributed by atoms with Gasteiger partial charge in [0.15, 0.2) is 5.96 Å². The Morgan fingerprint density at radius 3 is 2.54 bits per heavy atom. The Balaban J connectivity index is 0.00000529. The molecular formula is C16H30IN5OS. The molecule has 0 aliphatic rings. The van der Waals surface area contributed by atoms with E-state index in [4.69, 9.17) is 0 Å². The summed E-state index contributed by atoms with van der Waals surface area (Å²) in [4.78, 5) is 22.0. The lowest BCUT2D eigenvalue weighted by atomic mass is 10.2. The molecule has 0 aliphatic heterocycles. The number of thiazole rings is 1. The van der Waals surface area contributed by atoms with Gasteiger partial charge in [0.05, 0.1) is 12.2 Å². The van der Waals surface area contributed by atoms with Gasteiger partial charge in [0.25, 0.3) is 0 Å². The van der Waals surface area contributed by atoms with Crippen LogP contribution in [0, 0.1) is 13.8 Å². The van der Waals surface area contributed by atoms with E-state index in [0.29, 0.717) is 25.5 Å². The number of aromatic nitrogens is 1. The van der Waals surface area contributed by atoms with Gasteiger partial charge in [-0.05, 0) is 34.1 Å². The summed E-state index contributed by atoms with van der Waals surface area (Å²) in [5, 5.41) is 10.3.